The van der Waals surface area contributed by atoms with Crippen LogP contribution in [-0.4, -0.2) is 65.9 Å². The van der Waals surface area contributed by atoms with Crippen LogP contribution in [0.3, 0.4) is 0 Å². The number of rotatable bonds is 3. The van der Waals surface area contributed by atoms with Gasteiger partial charge in [0.15, 0.2) is 0 Å². The SMILES string of the molecule is O=S(=O)(O)OC1C(O)COC(CO)C1O. The minimum absolute atomic E-state index is 0.303. The summed E-state index contributed by atoms with van der Waals surface area (Å²) in [6, 6.07) is 0. The molecule has 90 valence electrons. The molecule has 1 saturated heterocycles. The molecule has 0 aromatic heterocycles. The second-order valence-corrected chi connectivity index (χ2v) is 4.15. The van der Waals surface area contributed by atoms with Gasteiger partial charge >= 0.3 is 10.4 Å². The summed E-state index contributed by atoms with van der Waals surface area (Å²) in [5.41, 5.74) is 0. The molecular weight excluding hydrogens is 232 g/mol. The molecular formula is C6H12O8S. The van der Waals surface area contributed by atoms with Gasteiger partial charge in [0.2, 0.25) is 0 Å². The van der Waals surface area contributed by atoms with Crippen LogP contribution in [0.15, 0.2) is 0 Å². The summed E-state index contributed by atoms with van der Waals surface area (Å²) in [5, 5.41) is 27.4. The Balaban J connectivity index is 2.74. The summed E-state index contributed by atoms with van der Waals surface area (Å²) in [4.78, 5) is 0. The third kappa shape index (κ3) is 3.34. The summed E-state index contributed by atoms with van der Waals surface area (Å²) in [6.07, 6.45) is -5.54. The first-order valence-corrected chi connectivity index (χ1v) is 5.46. The van der Waals surface area contributed by atoms with Crippen molar-refractivity contribution in [3.63, 3.8) is 0 Å². The van der Waals surface area contributed by atoms with Crippen molar-refractivity contribution in [2.75, 3.05) is 13.2 Å². The topological polar surface area (TPSA) is 134 Å². The van der Waals surface area contributed by atoms with E-state index < -0.39 is 41.4 Å². The molecule has 9 heteroatoms. The van der Waals surface area contributed by atoms with E-state index >= 15 is 0 Å². The van der Waals surface area contributed by atoms with E-state index in [0.29, 0.717) is 0 Å². The van der Waals surface area contributed by atoms with E-state index in [-0.39, 0.29) is 6.61 Å². The molecule has 0 aliphatic carbocycles. The van der Waals surface area contributed by atoms with E-state index in [4.69, 9.17) is 14.4 Å². The van der Waals surface area contributed by atoms with Crippen molar-refractivity contribution >= 4 is 10.4 Å². The Hall–Kier alpha value is -0.290. The molecule has 8 nitrogen and oxygen atoms in total. The van der Waals surface area contributed by atoms with Crippen molar-refractivity contribution in [3.05, 3.63) is 0 Å². The fraction of sp³-hybridized carbons (Fsp3) is 1.00. The van der Waals surface area contributed by atoms with Gasteiger partial charge in [0.25, 0.3) is 0 Å². The number of hydrogen-bond donors (Lipinski definition) is 4. The van der Waals surface area contributed by atoms with Crippen LogP contribution >= 0.6 is 0 Å². The van der Waals surface area contributed by atoms with Crippen molar-refractivity contribution in [1.82, 2.24) is 0 Å². The number of aliphatic hydroxyl groups excluding tert-OH is 3. The lowest BCUT2D eigenvalue weighted by atomic mass is 10.0. The molecule has 0 bridgehead atoms. The molecule has 1 aliphatic heterocycles. The third-order valence-electron chi connectivity index (χ3n) is 1.99. The Morgan fingerprint density at radius 2 is 2.00 bits per heavy atom. The van der Waals surface area contributed by atoms with Gasteiger partial charge in [-0.05, 0) is 0 Å². The quantitative estimate of drug-likeness (QED) is 0.394. The molecule has 0 amide bonds. The zero-order chi connectivity index (χ0) is 11.6. The van der Waals surface area contributed by atoms with Gasteiger partial charge in [-0.2, -0.15) is 8.42 Å². The summed E-state index contributed by atoms with van der Waals surface area (Å²) >= 11 is 0. The zero-order valence-electron chi connectivity index (χ0n) is 7.55. The summed E-state index contributed by atoms with van der Waals surface area (Å²) in [5.74, 6) is 0. The van der Waals surface area contributed by atoms with Crippen LogP contribution in [-0.2, 0) is 19.3 Å². The van der Waals surface area contributed by atoms with Gasteiger partial charge in [-0.1, -0.05) is 0 Å². The van der Waals surface area contributed by atoms with Crippen LogP contribution in [0.1, 0.15) is 0 Å². The van der Waals surface area contributed by atoms with Gasteiger partial charge in [0, 0.05) is 0 Å². The molecule has 4 unspecified atom stereocenters. The first kappa shape index (κ1) is 12.8. The van der Waals surface area contributed by atoms with Crippen LogP contribution < -0.4 is 0 Å². The monoisotopic (exact) mass is 244 g/mol. The van der Waals surface area contributed by atoms with Crippen LogP contribution in [0.25, 0.3) is 0 Å². The smallest absolute Gasteiger partial charge is 0.394 e. The molecule has 1 rings (SSSR count). The van der Waals surface area contributed by atoms with Gasteiger partial charge in [0.1, 0.15) is 24.4 Å². The fourth-order valence-electron chi connectivity index (χ4n) is 1.28. The predicted molar refractivity (Wildman–Crippen MR) is 45.3 cm³/mol. The maximum Gasteiger partial charge on any atom is 0.397 e. The van der Waals surface area contributed by atoms with Gasteiger partial charge in [-0.25, -0.2) is 4.18 Å². The number of hydrogen-bond acceptors (Lipinski definition) is 7. The fourth-order valence-corrected chi connectivity index (χ4v) is 1.80. The Labute approximate surface area is 86.0 Å². The van der Waals surface area contributed by atoms with E-state index in [1.807, 2.05) is 0 Å². The molecule has 1 aliphatic rings. The van der Waals surface area contributed by atoms with Crippen molar-refractivity contribution in [2.24, 2.45) is 0 Å². The van der Waals surface area contributed by atoms with Crippen LogP contribution in [0.4, 0.5) is 0 Å². The molecule has 0 saturated carbocycles. The highest BCUT2D eigenvalue weighted by atomic mass is 32.3. The highest BCUT2D eigenvalue weighted by Crippen LogP contribution is 2.19. The maximum absolute atomic E-state index is 10.4. The molecule has 0 aromatic rings. The summed E-state index contributed by atoms with van der Waals surface area (Å²) in [7, 11) is -4.78. The van der Waals surface area contributed by atoms with E-state index in [2.05, 4.69) is 4.18 Å². The largest absolute Gasteiger partial charge is 0.397 e. The number of aliphatic hydroxyl groups is 3. The Morgan fingerprint density at radius 3 is 2.47 bits per heavy atom. The summed E-state index contributed by atoms with van der Waals surface area (Å²) < 4.78 is 38.0. The van der Waals surface area contributed by atoms with Gasteiger partial charge in [0.05, 0.1) is 13.2 Å². The number of ether oxygens (including phenoxy) is 1. The normalized spacial score (nSPS) is 37.9. The van der Waals surface area contributed by atoms with Gasteiger partial charge in [-0.15, -0.1) is 0 Å². The average molecular weight is 244 g/mol. The van der Waals surface area contributed by atoms with Gasteiger partial charge in [-0.3, -0.25) is 4.55 Å². The van der Waals surface area contributed by atoms with Crippen molar-refractivity contribution < 1.29 is 37.2 Å². The van der Waals surface area contributed by atoms with E-state index in [1.54, 1.807) is 0 Å². The lowest BCUT2D eigenvalue weighted by Crippen LogP contribution is -2.55. The Morgan fingerprint density at radius 1 is 1.40 bits per heavy atom. The van der Waals surface area contributed by atoms with Crippen molar-refractivity contribution in [3.8, 4) is 0 Å². The Kier molecular flexibility index (Phi) is 4.00. The molecule has 0 aromatic carbocycles. The molecule has 0 radical (unpaired) electrons. The first-order valence-electron chi connectivity index (χ1n) is 4.09. The highest BCUT2D eigenvalue weighted by Gasteiger charge is 2.41. The molecule has 15 heavy (non-hydrogen) atoms. The molecule has 4 atom stereocenters. The second-order valence-electron chi connectivity index (χ2n) is 3.10. The predicted octanol–water partition coefficient (Wildman–Crippen LogP) is -2.71. The maximum atomic E-state index is 10.4. The molecule has 4 N–H and O–H groups in total. The minimum atomic E-state index is -4.78. The van der Waals surface area contributed by atoms with E-state index in [9.17, 15) is 18.6 Å². The first-order chi connectivity index (χ1) is 6.85. The van der Waals surface area contributed by atoms with E-state index in [1.165, 1.54) is 0 Å². The average Bonchev–Trinajstić information content (AvgIpc) is 2.11. The van der Waals surface area contributed by atoms with Crippen LogP contribution in [0.5, 0.6) is 0 Å². The second kappa shape index (κ2) is 4.70. The van der Waals surface area contributed by atoms with Crippen molar-refractivity contribution in [2.45, 2.75) is 24.4 Å². The van der Waals surface area contributed by atoms with Gasteiger partial charge < -0.3 is 20.1 Å². The lowest BCUT2D eigenvalue weighted by molar-refractivity contribution is -0.187. The lowest BCUT2D eigenvalue weighted by Gasteiger charge is -2.35. The van der Waals surface area contributed by atoms with Crippen LogP contribution in [0, 0.1) is 0 Å². The third-order valence-corrected chi connectivity index (χ3v) is 2.46. The van der Waals surface area contributed by atoms with Crippen LogP contribution in [0.2, 0.25) is 0 Å². The minimum Gasteiger partial charge on any atom is -0.394 e. The highest BCUT2D eigenvalue weighted by molar-refractivity contribution is 7.80. The molecule has 1 fully saturated rings. The van der Waals surface area contributed by atoms with Crippen molar-refractivity contribution in [1.29, 1.82) is 0 Å². The zero-order valence-corrected chi connectivity index (χ0v) is 8.37. The standard InChI is InChI=1S/C6H12O8S/c7-1-4-5(9)6(3(8)2-13-4)14-15(10,11)12/h3-9H,1-2H2,(H,10,11,12). The summed E-state index contributed by atoms with van der Waals surface area (Å²) in [6.45, 7) is -0.859. The molecule has 1 heterocycles. The Bertz CT molecular complexity index is 300. The molecule has 0 spiro atoms. The van der Waals surface area contributed by atoms with E-state index in [0.717, 1.165) is 0 Å².